The van der Waals surface area contributed by atoms with Crippen LogP contribution >= 0.6 is 0 Å². The fourth-order valence-corrected chi connectivity index (χ4v) is 2.02. The summed E-state index contributed by atoms with van der Waals surface area (Å²) in [5.74, 6) is -0.576. The van der Waals surface area contributed by atoms with Crippen LogP contribution in [0.15, 0.2) is 0 Å². The van der Waals surface area contributed by atoms with Crippen molar-refractivity contribution in [3.8, 4) is 0 Å². The van der Waals surface area contributed by atoms with Gasteiger partial charge >= 0.3 is 0 Å². The second kappa shape index (κ2) is 6.62. The topological polar surface area (TPSA) is 102 Å². The van der Waals surface area contributed by atoms with E-state index in [1.807, 2.05) is 0 Å². The first-order chi connectivity index (χ1) is 7.97. The molecule has 0 amide bonds. The smallest absolute Gasteiger partial charge is 0.267 e. The summed E-state index contributed by atoms with van der Waals surface area (Å²) in [6, 6.07) is 0. The van der Waals surface area contributed by atoms with Crippen molar-refractivity contribution in [2.45, 2.75) is 37.7 Å². The lowest BCUT2D eigenvalue weighted by atomic mass is 9.86. The third-order valence-corrected chi connectivity index (χ3v) is 3.39. The maximum Gasteiger partial charge on any atom is 0.267 e. The molecule has 1 saturated carbocycles. The maximum atomic E-state index is 9.63. The van der Waals surface area contributed by atoms with Crippen molar-refractivity contribution >= 4 is 10.1 Å². The van der Waals surface area contributed by atoms with E-state index in [4.69, 9.17) is 19.4 Å². The van der Waals surface area contributed by atoms with Gasteiger partial charge in [-0.2, -0.15) is 13.3 Å². The summed E-state index contributed by atoms with van der Waals surface area (Å²) in [6.45, 7) is 0.0891. The lowest BCUT2D eigenvalue weighted by Gasteiger charge is -2.27. The highest BCUT2D eigenvalue weighted by Crippen LogP contribution is 2.35. The van der Waals surface area contributed by atoms with Crippen molar-refractivity contribution < 1.29 is 32.9 Å². The van der Waals surface area contributed by atoms with Gasteiger partial charge in [-0.25, -0.2) is 4.89 Å². The minimum absolute atomic E-state index is 0.0712. The van der Waals surface area contributed by atoms with Crippen LogP contribution in [0.2, 0.25) is 0 Å². The molecule has 102 valence electrons. The van der Waals surface area contributed by atoms with E-state index in [-0.39, 0.29) is 5.60 Å². The molecule has 2 fully saturated rings. The largest absolute Gasteiger partial charge is 0.395 e. The summed E-state index contributed by atoms with van der Waals surface area (Å²) >= 11 is 0. The van der Waals surface area contributed by atoms with Crippen molar-refractivity contribution in [3.63, 3.8) is 0 Å². The molecule has 0 aromatic heterocycles. The van der Waals surface area contributed by atoms with Gasteiger partial charge in [-0.05, 0) is 12.8 Å². The highest BCUT2D eigenvalue weighted by Gasteiger charge is 2.39. The summed E-state index contributed by atoms with van der Waals surface area (Å²) in [5.41, 5.74) is -0.0712. The van der Waals surface area contributed by atoms with Crippen LogP contribution in [-0.2, 0) is 24.9 Å². The fraction of sp³-hybridized carbons (Fsp3) is 1.00. The van der Waals surface area contributed by atoms with Gasteiger partial charge in [0.1, 0.15) is 12.2 Å². The Morgan fingerprint density at radius 3 is 2.18 bits per heavy atom. The Hall–Kier alpha value is -0.250. The Kier molecular flexibility index (Phi) is 5.77. The number of aliphatic hydroxyl groups excluding tert-OH is 1. The predicted molar refractivity (Wildman–Crippen MR) is 57.4 cm³/mol. The average Bonchev–Trinajstić information content (AvgIpc) is 2.67. The first kappa shape index (κ1) is 14.8. The number of aliphatic hydroxyl groups is 1. The molecule has 0 bridgehead atoms. The molecule has 1 aliphatic carbocycles. The lowest BCUT2D eigenvalue weighted by Crippen LogP contribution is -2.33. The minimum atomic E-state index is -3.92. The third kappa shape index (κ3) is 5.75. The molecule has 7 nitrogen and oxygen atoms in total. The monoisotopic (exact) mass is 270 g/mol. The highest BCUT2D eigenvalue weighted by molar-refractivity contribution is 7.85. The number of hydrogen-bond acceptors (Lipinski definition) is 6. The van der Waals surface area contributed by atoms with Gasteiger partial charge < -0.3 is 5.11 Å². The second-order valence-corrected chi connectivity index (χ2v) is 5.74. The third-order valence-electron chi connectivity index (χ3n) is 2.69. The van der Waals surface area contributed by atoms with Crippen molar-refractivity contribution in [2.24, 2.45) is 0 Å². The Balaban J connectivity index is 0.000000185. The minimum Gasteiger partial charge on any atom is -0.395 e. The van der Waals surface area contributed by atoms with E-state index in [1.165, 1.54) is 19.3 Å². The Morgan fingerprint density at radius 2 is 1.82 bits per heavy atom. The zero-order chi connectivity index (χ0) is 12.8. The number of hydrogen-bond donors (Lipinski definition) is 2. The summed E-state index contributed by atoms with van der Waals surface area (Å²) in [6.07, 6.45) is 5.99. The van der Waals surface area contributed by atoms with Gasteiger partial charge in [-0.15, -0.1) is 0 Å². The molecule has 1 saturated heterocycles. The Bertz CT molecular complexity index is 299. The molecular weight excluding hydrogens is 252 g/mol. The van der Waals surface area contributed by atoms with Crippen molar-refractivity contribution in [1.29, 1.82) is 0 Å². The van der Waals surface area contributed by atoms with Crippen molar-refractivity contribution in [2.75, 3.05) is 19.0 Å². The molecule has 1 heterocycles. The van der Waals surface area contributed by atoms with E-state index >= 15 is 0 Å². The van der Waals surface area contributed by atoms with E-state index < -0.39 is 22.5 Å². The van der Waals surface area contributed by atoms with Crippen LogP contribution in [0.5, 0.6) is 0 Å². The zero-order valence-corrected chi connectivity index (χ0v) is 10.3. The van der Waals surface area contributed by atoms with Crippen LogP contribution < -0.4 is 0 Å². The molecule has 2 aliphatic rings. The van der Waals surface area contributed by atoms with Gasteiger partial charge in [-0.1, -0.05) is 24.3 Å². The molecule has 0 radical (unpaired) electrons. The molecule has 2 rings (SSSR count). The van der Waals surface area contributed by atoms with Gasteiger partial charge in [0.05, 0.1) is 12.4 Å². The van der Waals surface area contributed by atoms with Crippen LogP contribution in [0, 0.1) is 0 Å². The molecule has 1 spiro atoms. The summed E-state index contributed by atoms with van der Waals surface area (Å²) < 4.78 is 27.1. The van der Waals surface area contributed by atoms with Crippen LogP contribution in [-0.4, -0.2) is 42.6 Å². The van der Waals surface area contributed by atoms with E-state index in [0.717, 1.165) is 12.8 Å². The summed E-state index contributed by atoms with van der Waals surface area (Å²) in [5, 5.41) is 12.3. The standard InChI is InChI=1S/C7H12O3.C2H6O4S/c1-2-4-7(5-3-1)6-8-10-9-7;3-1-2-7(4,5)6/h1-6H2;3H,1-2H2,(H,4,5,6). The quantitative estimate of drug-likeness (QED) is 0.554. The fourth-order valence-electron chi connectivity index (χ4n) is 1.79. The number of rotatable bonds is 2. The van der Waals surface area contributed by atoms with Gasteiger partial charge in [0, 0.05) is 0 Å². The van der Waals surface area contributed by atoms with E-state index in [1.54, 1.807) is 0 Å². The molecule has 1 aliphatic heterocycles. The maximum absolute atomic E-state index is 9.63. The summed E-state index contributed by atoms with van der Waals surface area (Å²) in [4.78, 5) is 9.77. The molecule has 8 heteroatoms. The second-order valence-electron chi connectivity index (χ2n) is 4.17. The first-order valence-electron chi connectivity index (χ1n) is 5.51. The van der Waals surface area contributed by atoms with Gasteiger partial charge in [0.25, 0.3) is 10.1 Å². The van der Waals surface area contributed by atoms with Crippen LogP contribution in [0.4, 0.5) is 0 Å². The molecule has 0 aromatic carbocycles. The van der Waals surface area contributed by atoms with E-state index in [0.29, 0.717) is 6.61 Å². The Morgan fingerprint density at radius 1 is 1.18 bits per heavy atom. The molecule has 17 heavy (non-hydrogen) atoms. The average molecular weight is 270 g/mol. The highest BCUT2D eigenvalue weighted by atomic mass is 32.2. The van der Waals surface area contributed by atoms with Crippen molar-refractivity contribution in [1.82, 2.24) is 0 Å². The molecular formula is C9H18O7S. The normalized spacial score (nSPS) is 23.2. The van der Waals surface area contributed by atoms with Gasteiger partial charge in [0.15, 0.2) is 0 Å². The van der Waals surface area contributed by atoms with Crippen molar-refractivity contribution in [3.05, 3.63) is 0 Å². The zero-order valence-electron chi connectivity index (χ0n) is 9.50. The molecule has 0 atom stereocenters. The molecule has 0 aromatic rings. The Labute approximate surface area is 100 Å². The van der Waals surface area contributed by atoms with Crippen LogP contribution in [0.3, 0.4) is 0 Å². The van der Waals surface area contributed by atoms with Gasteiger partial charge in [0.2, 0.25) is 0 Å². The van der Waals surface area contributed by atoms with Gasteiger partial charge in [-0.3, -0.25) is 4.55 Å². The van der Waals surface area contributed by atoms with E-state index in [2.05, 4.69) is 5.04 Å². The molecule has 2 N–H and O–H groups in total. The lowest BCUT2D eigenvalue weighted by molar-refractivity contribution is -0.471. The summed E-state index contributed by atoms with van der Waals surface area (Å²) in [7, 11) is -3.92. The van der Waals surface area contributed by atoms with Crippen LogP contribution in [0.25, 0.3) is 0 Å². The molecule has 0 unspecified atom stereocenters. The van der Waals surface area contributed by atoms with E-state index in [9.17, 15) is 8.42 Å². The van der Waals surface area contributed by atoms with Crippen LogP contribution in [0.1, 0.15) is 32.1 Å². The SMILES string of the molecule is C1CCC2(CC1)COOO2.O=S(=O)(O)CCO. The first-order valence-corrected chi connectivity index (χ1v) is 7.12. The predicted octanol–water partition coefficient (Wildman–Crippen LogP) is 0.449.